The molecule has 1 unspecified atom stereocenters. The van der Waals surface area contributed by atoms with Crippen LogP contribution in [-0.4, -0.2) is 19.1 Å². The van der Waals surface area contributed by atoms with Gasteiger partial charge in [0.25, 0.3) is 5.91 Å². The molecule has 1 aliphatic heterocycles. The predicted octanol–water partition coefficient (Wildman–Crippen LogP) is 5.57. The summed E-state index contributed by atoms with van der Waals surface area (Å²) in [4.78, 5) is 13.1. The van der Waals surface area contributed by atoms with Crippen LogP contribution in [0.3, 0.4) is 0 Å². The molecule has 4 heteroatoms. The quantitative estimate of drug-likeness (QED) is 0.573. The third kappa shape index (κ3) is 5.26. The zero-order valence-electron chi connectivity index (χ0n) is 18.2. The minimum absolute atomic E-state index is 0.0618. The first-order valence-corrected chi connectivity index (χ1v) is 10.9. The third-order valence-corrected chi connectivity index (χ3v) is 5.81. The second-order valence-corrected chi connectivity index (χ2v) is 8.11. The zero-order chi connectivity index (χ0) is 21.6. The van der Waals surface area contributed by atoms with Crippen molar-refractivity contribution in [3.8, 4) is 11.5 Å². The molecule has 1 heterocycles. The third-order valence-electron chi connectivity index (χ3n) is 5.81. The number of amides is 1. The molecule has 0 saturated heterocycles. The van der Waals surface area contributed by atoms with Gasteiger partial charge in [-0.15, -0.1) is 0 Å². The van der Waals surface area contributed by atoms with Crippen LogP contribution in [0.5, 0.6) is 11.5 Å². The summed E-state index contributed by atoms with van der Waals surface area (Å²) in [7, 11) is 0. The molecule has 0 saturated carbocycles. The van der Waals surface area contributed by atoms with Gasteiger partial charge >= 0.3 is 0 Å². The number of hydrogen-bond donors (Lipinski definition) is 1. The summed E-state index contributed by atoms with van der Waals surface area (Å²) in [5, 5.41) is 3.25. The van der Waals surface area contributed by atoms with Crippen LogP contribution in [0.4, 0.5) is 0 Å². The van der Waals surface area contributed by atoms with Crippen LogP contribution in [0, 0.1) is 13.8 Å². The Balaban J connectivity index is 1.58. The zero-order valence-corrected chi connectivity index (χ0v) is 18.2. The molecule has 0 spiro atoms. The van der Waals surface area contributed by atoms with Gasteiger partial charge in [-0.25, -0.2) is 0 Å². The molecule has 3 aromatic rings. The standard InChI is InChI=1S/C27H29NO3/c1-19-9-11-23(17-20(19)2)27(29)28-24(13-10-21-7-4-3-5-8-21)22-12-14-25-26(18-22)31-16-6-15-30-25/h3-5,7-9,11-12,14,17-18,24H,6,10,13,15-16H2,1-2H3,(H,28,29). The summed E-state index contributed by atoms with van der Waals surface area (Å²) in [6, 6.07) is 22.1. The van der Waals surface area contributed by atoms with E-state index in [9.17, 15) is 4.79 Å². The molecule has 31 heavy (non-hydrogen) atoms. The molecule has 3 aromatic carbocycles. The lowest BCUT2D eigenvalue weighted by molar-refractivity contribution is 0.0934. The van der Waals surface area contributed by atoms with Crippen LogP contribution in [0.2, 0.25) is 0 Å². The van der Waals surface area contributed by atoms with Gasteiger partial charge in [0, 0.05) is 12.0 Å². The molecule has 4 nitrogen and oxygen atoms in total. The van der Waals surface area contributed by atoms with Crippen LogP contribution in [-0.2, 0) is 6.42 Å². The molecule has 0 fully saturated rings. The van der Waals surface area contributed by atoms with E-state index in [-0.39, 0.29) is 11.9 Å². The van der Waals surface area contributed by atoms with Crippen LogP contribution < -0.4 is 14.8 Å². The van der Waals surface area contributed by atoms with Gasteiger partial charge in [0.2, 0.25) is 0 Å². The smallest absolute Gasteiger partial charge is 0.251 e. The van der Waals surface area contributed by atoms with E-state index in [0.717, 1.165) is 41.9 Å². The molecule has 160 valence electrons. The molecule has 1 amide bonds. The normalized spacial score (nSPS) is 13.9. The Kier molecular flexibility index (Phi) is 6.56. The van der Waals surface area contributed by atoms with Crippen molar-refractivity contribution in [1.82, 2.24) is 5.32 Å². The van der Waals surface area contributed by atoms with Crippen LogP contribution in [0.15, 0.2) is 66.7 Å². The van der Waals surface area contributed by atoms with E-state index in [1.807, 2.05) is 61.5 Å². The minimum atomic E-state index is -0.133. The number of hydrogen-bond acceptors (Lipinski definition) is 3. The van der Waals surface area contributed by atoms with Gasteiger partial charge in [0.15, 0.2) is 11.5 Å². The Morgan fingerprint density at radius 1 is 0.903 bits per heavy atom. The lowest BCUT2D eigenvalue weighted by atomic mass is 9.97. The van der Waals surface area contributed by atoms with Crippen molar-refractivity contribution >= 4 is 5.91 Å². The average Bonchev–Trinajstić information content (AvgIpc) is 3.04. The van der Waals surface area contributed by atoms with E-state index < -0.39 is 0 Å². The summed E-state index contributed by atoms with van der Waals surface area (Å²) in [5.74, 6) is 1.46. The average molecular weight is 416 g/mol. The molecule has 0 aromatic heterocycles. The number of nitrogens with one attached hydrogen (secondary N) is 1. The van der Waals surface area contributed by atoms with Crippen LogP contribution in [0.25, 0.3) is 0 Å². The van der Waals surface area contributed by atoms with Crippen LogP contribution in [0.1, 0.15) is 51.5 Å². The highest BCUT2D eigenvalue weighted by Gasteiger charge is 2.19. The maximum absolute atomic E-state index is 13.1. The summed E-state index contributed by atoms with van der Waals surface area (Å²) < 4.78 is 11.7. The molecule has 1 aliphatic rings. The number of carbonyl (C=O) groups excluding carboxylic acids is 1. The maximum Gasteiger partial charge on any atom is 0.251 e. The van der Waals surface area contributed by atoms with Crippen molar-refractivity contribution < 1.29 is 14.3 Å². The Hall–Kier alpha value is -3.27. The Labute approximate surface area is 184 Å². The van der Waals surface area contributed by atoms with E-state index in [1.54, 1.807) is 0 Å². The van der Waals surface area contributed by atoms with Gasteiger partial charge in [-0.1, -0.05) is 42.5 Å². The summed E-state index contributed by atoms with van der Waals surface area (Å²) in [5.41, 5.74) is 5.26. The number of benzene rings is 3. The van der Waals surface area contributed by atoms with Crippen molar-refractivity contribution in [2.75, 3.05) is 13.2 Å². The first-order valence-electron chi connectivity index (χ1n) is 10.9. The van der Waals surface area contributed by atoms with Gasteiger partial charge in [-0.3, -0.25) is 4.79 Å². The first-order chi connectivity index (χ1) is 15.1. The summed E-state index contributed by atoms with van der Waals surface area (Å²) >= 11 is 0. The maximum atomic E-state index is 13.1. The molecule has 0 bridgehead atoms. The fourth-order valence-electron chi connectivity index (χ4n) is 3.80. The number of ether oxygens (including phenoxy) is 2. The Morgan fingerprint density at radius 2 is 1.68 bits per heavy atom. The molecule has 0 radical (unpaired) electrons. The number of aryl methyl sites for hydroxylation is 3. The van der Waals surface area contributed by atoms with Crippen molar-refractivity contribution in [3.05, 3.63) is 94.5 Å². The first kappa shape index (κ1) is 21.0. The summed E-state index contributed by atoms with van der Waals surface area (Å²) in [6.07, 6.45) is 2.53. The second kappa shape index (κ2) is 9.69. The van der Waals surface area contributed by atoms with E-state index in [4.69, 9.17) is 9.47 Å². The van der Waals surface area contributed by atoms with E-state index >= 15 is 0 Å². The molecule has 0 aliphatic carbocycles. The van der Waals surface area contributed by atoms with Crippen molar-refractivity contribution in [2.45, 2.75) is 39.2 Å². The van der Waals surface area contributed by atoms with Gasteiger partial charge in [-0.2, -0.15) is 0 Å². The fourth-order valence-corrected chi connectivity index (χ4v) is 3.80. The Morgan fingerprint density at radius 3 is 2.45 bits per heavy atom. The number of carbonyl (C=O) groups is 1. The monoisotopic (exact) mass is 415 g/mol. The topological polar surface area (TPSA) is 47.6 Å². The number of fused-ring (bicyclic) bond motifs is 1. The van der Waals surface area contributed by atoms with Gasteiger partial charge in [0.1, 0.15) is 0 Å². The largest absolute Gasteiger partial charge is 0.490 e. The molecule has 1 atom stereocenters. The summed E-state index contributed by atoms with van der Waals surface area (Å²) in [6.45, 7) is 5.38. The van der Waals surface area contributed by atoms with Crippen molar-refractivity contribution in [2.24, 2.45) is 0 Å². The SMILES string of the molecule is Cc1ccc(C(=O)NC(CCc2ccccc2)c2ccc3c(c2)OCCCO3)cc1C. The second-order valence-electron chi connectivity index (χ2n) is 8.11. The van der Waals surface area contributed by atoms with Crippen molar-refractivity contribution in [1.29, 1.82) is 0 Å². The highest BCUT2D eigenvalue weighted by Crippen LogP contribution is 2.33. The van der Waals surface area contributed by atoms with E-state index in [2.05, 4.69) is 24.4 Å². The lowest BCUT2D eigenvalue weighted by Crippen LogP contribution is -2.29. The molecular weight excluding hydrogens is 386 g/mol. The van der Waals surface area contributed by atoms with Crippen molar-refractivity contribution in [3.63, 3.8) is 0 Å². The van der Waals surface area contributed by atoms with Gasteiger partial charge < -0.3 is 14.8 Å². The van der Waals surface area contributed by atoms with E-state index in [0.29, 0.717) is 18.8 Å². The predicted molar refractivity (Wildman–Crippen MR) is 123 cm³/mol. The minimum Gasteiger partial charge on any atom is -0.490 e. The number of rotatable bonds is 6. The van der Waals surface area contributed by atoms with Gasteiger partial charge in [-0.05, 0) is 73.2 Å². The molecule has 4 rings (SSSR count). The highest BCUT2D eigenvalue weighted by molar-refractivity contribution is 5.94. The fraction of sp³-hybridized carbons (Fsp3) is 0.296. The Bertz CT molecular complexity index is 1050. The highest BCUT2D eigenvalue weighted by atomic mass is 16.5. The molecular formula is C27H29NO3. The van der Waals surface area contributed by atoms with Crippen LogP contribution >= 0.6 is 0 Å². The van der Waals surface area contributed by atoms with E-state index in [1.165, 1.54) is 11.1 Å². The van der Waals surface area contributed by atoms with Gasteiger partial charge in [0.05, 0.1) is 19.3 Å². The lowest BCUT2D eigenvalue weighted by Gasteiger charge is -2.21. The molecule has 1 N–H and O–H groups in total.